The highest BCUT2D eigenvalue weighted by Gasteiger charge is 2.10. The average Bonchev–Trinajstić information content (AvgIpc) is 2.82. The van der Waals surface area contributed by atoms with Gasteiger partial charge in [0.15, 0.2) is 0 Å². The topological polar surface area (TPSA) is 46.0 Å². The first-order valence-corrected chi connectivity index (χ1v) is 6.75. The third-order valence-corrected chi connectivity index (χ3v) is 3.20. The van der Waals surface area contributed by atoms with Crippen molar-refractivity contribution >= 4 is 0 Å². The lowest BCUT2D eigenvalue weighted by molar-refractivity contribution is 0.272. The summed E-state index contributed by atoms with van der Waals surface area (Å²) in [5.41, 5.74) is 2.50. The van der Waals surface area contributed by atoms with E-state index in [9.17, 15) is 0 Å². The van der Waals surface area contributed by atoms with E-state index >= 15 is 0 Å². The van der Waals surface area contributed by atoms with Crippen LogP contribution in [0, 0.1) is 0 Å². The molecule has 0 amide bonds. The highest BCUT2D eigenvalue weighted by atomic mass is 15.4. The Morgan fingerprint density at radius 2 is 2.28 bits per heavy atom. The fourth-order valence-corrected chi connectivity index (χ4v) is 2.21. The molecule has 0 bridgehead atoms. The predicted octanol–water partition coefficient (Wildman–Crippen LogP) is 1.04. The minimum atomic E-state index is 0.808. The minimum Gasteiger partial charge on any atom is -0.311 e. The molecular formula is C13H23N5. The van der Waals surface area contributed by atoms with Crippen LogP contribution in [-0.2, 0) is 13.1 Å². The summed E-state index contributed by atoms with van der Waals surface area (Å²) in [6.45, 7) is 10.3. The molecule has 0 unspecified atom stereocenters. The molecule has 1 aromatic rings. The van der Waals surface area contributed by atoms with Gasteiger partial charge in [-0.05, 0) is 19.9 Å². The summed E-state index contributed by atoms with van der Waals surface area (Å²) in [6, 6.07) is 0. The number of aromatic nitrogens is 3. The van der Waals surface area contributed by atoms with Crippen molar-refractivity contribution < 1.29 is 0 Å². The fourth-order valence-electron chi connectivity index (χ4n) is 2.21. The van der Waals surface area contributed by atoms with E-state index in [1.165, 1.54) is 12.0 Å². The van der Waals surface area contributed by atoms with Crippen LogP contribution in [-0.4, -0.2) is 46.1 Å². The maximum Gasteiger partial charge on any atom is 0.0964 e. The predicted molar refractivity (Wildman–Crippen MR) is 72.2 cm³/mol. The summed E-state index contributed by atoms with van der Waals surface area (Å²) >= 11 is 0. The summed E-state index contributed by atoms with van der Waals surface area (Å²) < 4.78 is 1.94. The molecule has 18 heavy (non-hydrogen) atoms. The van der Waals surface area contributed by atoms with Gasteiger partial charge in [-0.25, -0.2) is 0 Å². The van der Waals surface area contributed by atoms with E-state index < -0.39 is 0 Å². The molecule has 0 atom stereocenters. The molecule has 0 spiro atoms. The first kappa shape index (κ1) is 13.2. The van der Waals surface area contributed by atoms with Crippen molar-refractivity contribution in [2.75, 3.05) is 26.2 Å². The lowest BCUT2D eigenvalue weighted by Gasteiger charge is -2.25. The van der Waals surface area contributed by atoms with Crippen LogP contribution < -0.4 is 5.32 Å². The van der Waals surface area contributed by atoms with Crippen molar-refractivity contribution in [1.29, 1.82) is 0 Å². The molecule has 0 saturated heterocycles. The SMILES string of the molecule is CCNCc1cn(CCN2CCC=C(C)C2)nn1. The molecule has 100 valence electrons. The lowest BCUT2D eigenvalue weighted by Crippen LogP contribution is -2.32. The number of hydrogen-bond acceptors (Lipinski definition) is 4. The van der Waals surface area contributed by atoms with Gasteiger partial charge in [-0.3, -0.25) is 9.58 Å². The minimum absolute atomic E-state index is 0.808. The second kappa shape index (κ2) is 6.66. The molecule has 0 fully saturated rings. The molecule has 5 heteroatoms. The van der Waals surface area contributed by atoms with Crippen LogP contribution in [0.5, 0.6) is 0 Å². The van der Waals surface area contributed by atoms with Gasteiger partial charge < -0.3 is 5.32 Å². The van der Waals surface area contributed by atoms with Crippen LogP contribution in [0.2, 0.25) is 0 Å². The van der Waals surface area contributed by atoms with E-state index in [0.717, 1.165) is 45.0 Å². The monoisotopic (exact) mass is 249 g/mol. The van der Waals surface area contributed by atoms with Gasteiger partial charge in [0.25, 0.3) is 0 Å². The molecule has 2 rings (SSSR count). The Labute approximate surface area is 109 Å². The fraction of sp³-hybridized carbons (Fsp3) is 0.692. The van der Waals surface area contributed by atoms with Gasteiger partial charge in [0.1, 0.15) is 0 Å². The quantitative estimate of drug-likeness (QED) is 0.765. The van der Waals surface area contributed by atoms with E-state index in [-0.39, 0.29) is 0 Å². The zero-order valence-electron chi connectivity index (χ0n) is 11.4. The summed E-state index contributed by atoms with van der Waals surface area (Å²) in [6.07, 6.45) is 5.55. The van der Waals surface area contributed by atoms with Crippen LogP contribution >= 0.6 is 0 Å². The van der Waals surface area contributed by atoms with E-state index in [4.69, 9.17) is 0 Å². The van der Waals surface area contributed by atoms with E-state index in [1.807, 2.05) is 10.9 Å². The van der Waals surface area contributed by atoms with Crippen LogP contribution in [0.1, 0.15) is 26.0 Å². The second-order valence-electron chi connectivity index (χ2n) is 4.87. The standard InChI is InChI=1S/C13H23N5/c1-3-14-9-13-11-18(16-15-13)8-7-17-6-4-5-12(2)10-17/h5,11,14H,3-4,6-10H2,1-2H3. The Hall–Kier alpha value is -1.20. The lowest BCUT2D eigenvalue weighted by atomic mass is 10.1. The third kappa shape index (κ3) is 3.92. The number of rotatable bonds is 6. The smallest absolute Gasteiger partial charge is 0.0964 e. The Morgan fingerprint density at radius 1 is 1.39 bits per heavy atom. The zero-order chi connectivity index (χ0) is 12.8. The van der Waals surface area contributed by atoms with Gasteiger partial charge in [-0.1, -0.05) is 23.8 Å². The van der Waals surface area contributed by atoms with E-state index in [0.29, 0.717) is 0 Å². The van der Waals surface area contributed by atoms with Gasteiger partial charge in [0.05, 0.1) is 12.2 Å². The maximum absolute atomic E-state index is 4.16. The molecule has 0 saturated carbocycles. The third-order valence-electron chi connectivity index (χ3n) is 3.20. The van der Waals surface area contributed by atoms with Crippen LogP contribution in [0.15, 0.2) is 17.8 Å². The van der Waals surface area contributed by atoms with Crippen molar-refractivity contribution in [2.45, 2.75) is 33.4 Å². The molecule has 1 aliphatic rings. The van der Waals surface area contributed by atoms with Crippen molar-refractivity contribution in [3.63, 3.8) is 0 Å². The van der Waals surface area contributed by atoms with Gasteiger partial charge in [0, 0.05) is 32.4 Å². The number of nitrogens with zero attached hydrogens (tertiary/aromatic N) is 4. The molecule has 1 N–H and O–H groups in total. The maximum atomic E-state index is 4.16. The number of hydrogen-bond donors (Lipinski definition) is 1. The summed E-state index contributed by atoms with van der Waals surface area (Å²) in [5, 5.41) is 11.6. The largest absolute Gasteiger partial charge is 0.311 e. The van der Waals surface area contributed by atoms with Crippen molar-refractivity contribution in [3.8, 4) is 0 Å². The first-order valence-electron chi connectivity index (χ1n) is 6.75. The zero-order valence-corrected chi connectivity index (χ0v) is 11.4. The van der Waals surface area contributed by atoms with Crippen molar-refractivity contribution in [1.82, 2.24) is 25.2 Å². The van der Waals surface area contributed by atoms with Gasteiger partial charge >= 0.3 is 0 Å². The van der Waals surface area contributed by atoms with Gasteiger partial charge in [-0.15, -0.1) is 5.10 Å². The molecule has 2 heterocycles. The summed E-state index contributed by atoms with van der Waals surface area (Å²) in [4.78, 5) is 2.47. The second-order valence-corrected chi connectivity index (χ2v) is 4.87. The molecule has 0 aliphatic carbocycles. The van der Waals surface area contributed by atoms with Crippen molar-refractivity contribution in [3.05, 3.63) is 23.5 Å². The Bertz CT molecular complexity index is 396. The van der Waals surface area contributed by atoms with E-state index in [2.05, 4.69) is 40.5 Å². The molecule has 1 aliphatic heterocycles. The van der Waals surface area contributed by atoms with E-state index in [1.54, 1.807) is 0 Å². The van der Waals surface area contributed by atoms with Gasteiger partial charge in [0.2, 0.25) is 0 Å². The van der Waals surface area contributed by atoms with Gasteiger partial charge in [-0.2, -0.15) is 0 Å². The number of nitrogens with one attached hydrogen (secondary N) is 1. The molecule has 1 aromatic heterocycles. The Kier molecular flexibility index (Phi) is 4.90. The summed E-state index contributed by atoms with van der Waals surface area (Å²) in [5.74, 6) is 0. The highest BCUT2D eigenvalue weighted by molar-refractivity contribution is 5.04. The summed E-state index contributed by atoms with van der Waals surface area (Å²) in [7, 11) is 0. The molecule has 0 aromatic carbocycles. The highest BCUT2D eigenvalue weighted by Crippen LogP contribution is 2.08. The Balaban J connectivity index is 1.76. The first-order chi connectivity index (χ1) is 8.78. The molecule has 5 nitrogen and oxygen atoms in total. The Morgan fingerprint density at radius 3 is 3.06 bits per heavy atom. The van der Waals surface area contributed by atoms with Crippen LogP contribution in [0.3, 0.4) is 0 Å². The van der Waals surface area contributed by atoms with Crippen LogP contribution in [0.4, 0.5) is 0 Å². The van der Waals surface area contributed by atoms with Crippen molar-refractivity contribution in [2.24, 2.45) is 0 Å². The molecule has 0 radical (unpaired) electrons. The average molecular weight is 249 g/mol. The normalized spacial score (nSPS) is 16.9. The molecular weight excluding hydrogens is 226 g/mol. The van der Waals surface area contributed by atoms with Crippen LogP contribution in [0.25, 0.3) is 0 Å².